The lowest BCUT2D eigenvalue weighted by Crippen LogP contribution is -2.20. The van der Waals surface area contributed by atoms with Crippen LogP contribution in [0.3, 0.4) is 0 Å². The fourth-order valence-electron chi connectivity index (χ4n) is 0.930. The lowest BCUT2D eigenvalue weighted by molar-refractivity contribution is -0.137. The van der Waals surface area contributed by atoms with Gasteiger partial charge in [-0.3, -0.25) is 4.79 Å². The molecule has 0 aromatic carbocycles. The molecule has 0 spiro atoms. The van der Waals surface area contributed by atoms with E-state index in [1.807, 2.05) is 13.0 Å². The minimum absolute atomic E-state index is 0.361. The van der Waals surface area contributed by atoms with Crippen molar-refractivity contribution in [3.05, 3.63) is 23.7 Å². The molecule has 0 bridgehead atoms. The van der Waals surface area contributed by atoms with Gasteiger partial charge in [-0.1, -0.05) is 0 Å². The normalized spacial score (nSPS) is 12.7. The van der Waals surface area contributed by atoms with E-state index in [0.29, 0.717) is 5.75 Å². The number of carboxylic acids is 1. The molecule has 14 heavy (non-hydrogen) atoms. The van der Waals surface area contributed by atoms with Crippen molar-refractivity contribution >= 4 is 17.7 Å². The van der Waals surface area contributed by atoms with Crippen LogP contribution in [0.1, 0.15) is 11.3 Å². The molecule has 1 heterocycles. The maximum absolute atomic E-state index is 10.6. The summed E-state index contributed by atoms with van der Waals surface area (Å²) < 4.78 is 5.14. The summed E-state index contributed by atoms with van der Waals surface area (Å²) >= 11 is 1.16. The van der Waals surface area contributed by atoms with E-state index in [-0.39, 0.29) is 6.61 Å². The van der Waals surface area contributed by atoms with E-state index in [1.54, 1.807) is 6.26 Å². The molecule has 0 amide bonds. The molecule has 1 atom stereocenters. The molecule has 78 valence electrons. The average molecular weight is 216 g/mol. The number of aliphatic hydroxyl groups excluding tert-OH is 1. The van der Waals surface area contributed by atoms with Crippen molar-refractivity contribution < 1.29 is 19.4 Å². The summed E-state index contributed by atoms with van der Waals surface area (Å²) in [5, 5.41) is 16.6. The Morgan fingerprint density at radius 2 is 2.43 bits per heavy atom. The summed E-state index contributed by atoms with van der Waals surface area (Å²) in [4.78, 5) is 10.6. The van der Waals surface area contributed by atoms with Crippen molar-refractivity contribution in [2.75, 3.05) is 6.61 Å². The second-order valence-corrected chi connectivity index (χ2v) is 4.04. The number of carboxylic acid groups (broad SMARTS) is 1. The first kappa shape index (κ1) is 11.1. The molecule has 0 radical (unpaired) electrons. The molecule has 1 aromatic rings. The fourth-order valence-corrected chi connectivity index (χ4v) is 1.83. The number of furan rings is 1. The highest BCUT2D eigenvalue weighted by atomic mass is 32.2. The lowest BCUT2D eigenvalue weighted by Gasteiger charge is -2.07. The van der Waals surface area contributed by atoms with Crippen LogP contribution >= 0.6 is 11.8 Å². The Bertz CT molecular complexity index is 308. The summed E-state index contributed by atoms with van der Waals surface area (Å²) in [5.41, 5.74) is 1.000. The molecule has 0 saturated heterocycles. The number of rotatable bonds is 5. The molecule has 5 heteroatoms. The van der Waals surface area contributed by atoms with Gasteiger partial charge < -0.3 is 14.6 Å². The summed E-state index contributed by atoms with van der Waals surface area (Å²) in [6, 6.07) is 1.82. The molecule has 1 unspecified atom stereocenters. The number of thioether (sulfide) groups is 1. The van der Waals surface area contributed by atoms with Crippen LogP contribution in [-0.2, 0) is 10.5 Å². The van der Waals surface area contributed by atoms with Crippen molar-refractivity contribution in [3.8, 4) is 0 Å². The Morgan fingerprint density at radius 3 is 2.86 bits per heavy atom. The second kappa shape index (κ2) is 5.07. The first-order valence-corrected chi connectivity index (χ1v) is 5.18. The van der Waals surface area contributed by atoms with Gasteiger partial charge in [0.15, 0.2) is 0 Å². The van der Waals surface area contributed by atoms with Gasteiger partial charge >= 0.3 is 5.97 Å². The molecule has 2 N–H and O–H groups in total. The van der Waals surface area contributed by atoms with Crippen molar-refractivity contribution in [2.24, 2.45) is 0 Å². The van der Waals surface area contributed by atoms with Gasteiger partial charge in [0.1, 0.15) is 11.0 Å². The van der Waals surface area contributed by atoms with Gasteiger partial charge in [-0.2, -0.15) is 0 Å². The molecule has 0 aliphatic heterocycles. The maximum atomic E-state index is 10.6. The van der Waals surface area contributed by atoms with E-state index in [0.717, 1.165) is 23.1 Å². The topological polar surface area (TPSA) is 70.7 Å². The second-order valence-electron chi connectivity index (χ2n) is 2.85. The molecule has 1 rings (SSSR count). The smallest absolute Gasteiger partial charge is 0.319 e. The number of aliphatic carboxylic acids is 1. The molecule has 1 aromatic heterocycles. The Balaban J connectivity index is 2.47. The largest absolute Gasteiger partial charge is 0.480 e. The Kier molecular flexibility index (Phi) is 4.03. The Hall–Kier alpha value is -0.940. The van der Waals surface area contributed by atoms with Gasteiger partial charge in [0.25, 0.3) is 0 Å². The van der Waals surface area contributed by atoms with Crippen LogP contribution < -0.4 is 0 Å². The van der Waals surface area contributed by atoms with Crippen LogP contribution in [0.2, 0.25) is 0 Å². The first-order valence-electron chi connectivity index (χ1n) is 4.13. The maximum Gasteiger partial charge on any atom is 0.319 e. The van der Waals surface area contributed by atoms with Crippen LogP contribution in [0, 0.1) is 6.92 Å². The predicted octanol–water partition coefficient (Wildman–Crippen LogP) is 1.27. The molecule has 0 saturated carbocycles. The third kappa shape index (κ3) is 2.78. The minimum Gasteiger partial charge on any atom is -0.480 e. The van der Waals surface area contributed by atoms with Gasteiger partial charge in [-0.05, 0) is 18.6 Å². The molecule has 0 fully saturated rings. The zero-order valence-corrected chi connectivity index (χ0v) is 8.58. The van der Waals surface area contributed by atoms with Gasteiger partial charge in [0.05, 0.1) is 18.6 Å². The van der Waals surface area contributed by atoms with Crippen LogP contribution in [0.4, 0.5) is 0 Å². The quantitative estimate of drug-likeness (QED) is 0.775. The zero-order chi connectivity index (χ0) is 10.6. The van der Waals surface area contributed by atoms with E-state index < -0.39 is 11.2 Å². The third-order valence-corrected chi connectivity index (χ3v) is 3.01. The monoisotopic (exact) mass is 216 g/mol. The van der Waals surface area contributed by atoms with E-state index in [1.165, 1.54) is 0 Å². The van der Waals surface area contributed by atoms with Crippen LogP contribution in [-0.4, -0.2) is 28.0 Å². The van der Waals surface area contributed by atoms with Crippen molar-refractivity contribution in [3.63, 3.8) is 0 Å². The van der Waals surface area contributed by atoms with Crippen molar-refractivity contribution in [2.45, 2.75) is 17.9 Å². The zero-order valence-electron chi connectivity index (χ0n) is 7.77. The van der Waals surface area contributed by atoms with Crippen molar-refractivity contribution in [1.29, 1.82) is 0 Å². The first-order chi connectivity index (χ1) is 6.65. The van der Waals surface area contributed by atoms with Crippen LogP contribution in [0.25, 0.3) is 0 Å². The Labute approximate surface area is 85.9 Å². The highest BCUT2D eigenvalue weighted by molar-refractivity contribution is 7.99. The van der Waals surface area contributed by atoms with Crippen molar-refractivity contribution in [1.82, 2.24) is 0 Å². The Morgan fingerprint density at radius 1 is 1.71 bits per heavy atom. The van der Waals surface area contributed by atoms with E-state index in [9.17, 15) is 4.79 Å². The summed E-state index contributed by atoms with van der Waals surface area (Å²) in [7, 11) is 0. The minimum atomic E-state index is -0.998. The number of aliphatic hydroxyl groups is 1. The summed E-state index contributed by atoms with van der Waals surface area (Å²) in [6.45, 7) is 1.54. The number of carbonyl (C=O) groups is 1. The molecule has 0 aliphatic carbocycles. The highest BCUT2D eigenvalue weighted by Crippen LogP contribution is 2.20. The number of hydrogen-bond donors (Lipinski definition) is 2. The standard InChI is InChI=1S/C9H12O4S/c1-6-2-3-13-7(6)5-14-8(4-10)9(11)12/h2-3,8,10H,4-5H2,1H3,(H,11,12). The summed E-state index contributed by atoms with van der Waals surface area (Å²) in [6.07, 6.45) is 1.57. The average Bonchev–Trinajstić information content (AvgIpc) is 2.52. The number of aryl methyl sites for hydroxylation is 1. The van der Waals surface area contributed by atoms with Gasteiger partial charge in [-0.25, -0.2) is 0 Å². The molecule has 4 nitrogen and oxygen atoms in total. The fraction of sp³-hybridized carbons (Fsp3) is 0.444. The van der Waals surface area contributed by atoms with Gasteiger partial charge in [0.2, 0.25) is 0 Å². The van der Waals surface area contributed by atoms with Crippen LogP contribution in [0.15, 0.2) is 16.7 Å². The SMILES string of the molecule is Cc1ccoc1CSC(CO)C(=O)O. The summed E-state index contributed by atoms with van der Waals surface area (Å²) in [5.74, 6) is 0.229. The highest BCUT2D eigenvalue weighted by Gasteiger charge is 2.17. The van der Waals surface area contributed by atoms with Gasteiger partial charge in [0, 0.05) is 0 Å². The van der Waals surface area contributed by atoms with E-state index >= 15 is 0 Å². The lowest BCUT2D eigenvalue weighted by atomic mass is 10.3. The van der Waals surface area contributed by atoms with E-state index in [2.05, 4.69) is 0 Å². The molecular weight excluding hydrogens is 204 g/mol. The van der Waals surface area contributed by atoms with Gasteiger partial charge in [-0.15, -0.1) is 11.8 Å². The molecular formula is C9H12O4S. The molecule has 0 aliphatic rings. The third-order valence-electron chi connectivity index (χ3n) is 1.83. The van der Waals surface area contributed by atoms with Crippen LogP contribution in [0.5, 0.6) is 0 Å². The number of hydrogen-bond acceptors (Lipinski definition) is 4. The van der Waals surface area contributed by atoms with E-state index in [4.69, 9.17) is 14.6 Å². The predicted molar refractivity (Wildman–Crippen MR) is 53.2 cm³/mol.